The molecular weight excluding hydrogens is 1100 g/mol. The first-order valence-electron chi connectivity index (χ1n) is 26.3. The van der Waals surface area contributed by atoms with Crippen LogP contribution < -0.4 is 76.5 Å². The zero-order valence-corrected chi connectivity index (χ0v) is 47.3. The molecule has 1 saturated heterocycles. The van der Waals surface area contributed by atoms with Crippen LogP contribution in [0.15, 0.2) is 75.8 Å². The average Bonchev–Trinajstić information content (AvgIpc) is 3.98. The second-order valence-corrected chi connectivity index (χ2v) is 19.6. The highest BCUT2D eigenvalue weighted by atomic mass is 32.1. The first-order chi connectivity index (χ1) is 39.1. The Morgan fingerprint density at radius 3 is 1.82 bits per heavy atom. The minimum absolute atomic E-state index is 0.00875. The van der Waals surface area contributed by atoms with Gasteiger partial charge in [0.1, 0.15) is 54.9 Å². The lowest BCUT2D eigenvalue weighted by Crippen LogP contribution is -2.60. The number of aromatic amines is 1. The molecule has 8 atom stereocenters. The average molecular weight is 1180 g/mol. The minimum Gasteiger partial charge on any atom is -0.377 e. The van der Waals surface area contributed by atoms with E-state index < -0.39 is 114 Å². The summed E-state index contributed by atoms with van der Waals surface area (Å²) in [6, 6.07) is 4.73. The Balaban J connectivity index is 1.55. The standard InChI is InChI=1S/C51H75N19O10S2/c1-3-57-27-58-20-17-34(64-42(73)28(2)62-47(78)39(26-82)63-40(71)24-70-48(79)35(69-51(70)80)16-10-19-60-50(55)56)44(75)66-36(21-29-11-5-4-6-12-29)45(76)65-33(15-9-18-59-49(53)54)43(74)67-37(46(77)68-38(25-81)41(52)72)22-30-23-61-32-14-8-7-13-31(30)32/h4-8,11-14,23,27-28,33-39,61,81-82H,3,9-10,15-22,24-26H2,1-2H3,(H2,52,72)(H,57,58)(H,62,78)(H,63,71)(H,64,73)(H,65,76)(H,66,75)(H,67,74)(H,68,77)(H,69,80)(H4,53,54,59)(H4,55,56,60)/t28-,33+,34+,35+,36-,37+,38+,39+/m1/s1. The van der Waals surface area contributed by atoms with E-state index in [1.807, 2.05) is 25.1 Å². The number of nitrogens with two attached hydrogens (primary N) is 5. The lowest BCUT2D eigenvalue weighted by molar-refractivity contribution is -0.135. The molecule has 1 aliphatic heterocycles. The van der Waals surface area contributed by atoms with E-state index in [2.05, 4.69) is 93.1 Å². The van der Waals surface area contributed by atoms with Crippen LogP contribution in [0, 0.1) is 0 Å². The number of primary amides is 1. The van der Waals surface area contributed by atoms with E-state index in [1.165, 1.54) is 13.3 Å². The van der Waals surface area contributed by atoms with Gasteiger partial charge in [-0.1, -0.05) is 48.5 Å². The monoisotopic (exact) mass is 1180 g/mol. The summed E-state index contributed by atoms with van der Waals surface area (Å²) < 4.78 is 0. The van der Waals surface area contributed by atoms with Crippen molar-refractivity contribution < 1.29 is 47.9 Å². The van der Waals surface area contributed by atoms with Crippen molar-refractivity contribution in [1.82, 2.24) is 57.7 Å². The predicted molar refractivity (Wildman–Crippen MR) is 314 cm³/mol. The Hall–Kier alpha value is -8.61. The number of aliphatic imine (C=N–C) groups is 3. The molecule has 1 aliphatic rings. The van der Waals surface area contributed by atoms with E-state index >= 15 is 0 Å². The summed E-state index contributed by atoms with van der Waals surface area (Å²) in [5.41, 5.74) is 29.3. The van der Waals surface area contributed by atoms with Gasteiger partial charge in [-0.05, 0) is 63.1 Å². The lowest BCUT2D eigenvalue weighted by atomic mass is 10.0. The number of nitrogens with zero attached hydrogens (tertiary/aromatic N) is 4. The number of hydrogen-bond acceptors (Lipinski definition) is 15. The van der Waals surface area contributed by atoms with Gasteiger partial charge >= 0.3 is 6.03 Å². The highest BCUT2D eigenvalue weighted by Gasteiger charge is 2.39. The van der Waals surface area contributed by atoms with Gasteiger partial charge in [-0.25, -0.2) is 4.79 Å². The van der Waals surface area contributed by atoms with Gasteiger partial charge in [0.15, 0.2) is 11.9 Å². The predicted octanol–water partition coefficient (Wildman–Crippen LogP) is -4.23. The number of thiol groups is 2. The molecule has 446 valence electrons. The molecule has 31 heteroatoms. The quantitative estimate of drug-likeness (QED) is 0.00873. The van der Waals surface area contributed by atoms with Gasteiger partial charge in [0.05, 0.1) is 6.34 Å². The van der Waals surface area contributed by atoms with Crippen LogP contribution in [-0.4, -0.2) is 180 Å². The Morgan fingerprint density at radius 2 is 1.20 bits per heavy atom. The van der Waals surface area contributed by atoms with Crippen molar-refractivity contribution in [2.75, 3.05) is 44.2 Å². The van der Waals surface area contributed by atoms with Crippen LogP contribution in [0.4, 0.5) is 4.79 Å². The molecule has 0 bridgehead atoms. The number of carbonyl (C=O) groups excluding carboxylic acids is 10. The van der Waals surface area contributed by atoms with E-state index in [4.69, 9.17) is 28.7 Å². The summed E-state index contributed by atoms with van der Waals surface area (Å²) in [5, 5.41) is 24.4. The van der Waals surface area contributed by atoms with Crippen molar-refractivity contribution >= 4 is 114 Å². The van der Waals surface area contributed by atoms with E-state index in [-0.39, 0.29) is 81.6 Å². The number of aromatic nitrogens is 1. The van der Waals surface area contributed by atoms with Crippen LogP contribution in [0.25, 0.3) is 10.9 Å². The Kier molecular flexibility index (Phi) is 27.2. The number of urea groups is 1. The molecule has 0 aliphatic carbocycles. The van der Waals surface area contributed by atoms with E-state index in [1.54, 1.807) is 42.6 Å². The molecule has 0 radical (unpaired) electrons. The third-order valence-electron chi connectivity index (χ3n) is 12.6. The van der Waals surface area contributed by atoms with Gasteiger partial charge < -0.3 is 81.5 Å². The molecule has 29 nitrogen and oxygen atoms in total. The Bertz CT molecular complexity index is 2790. The lowest BCUT2D eigenvalue weighted by Gasteiger charge is -2.27. The number of carbonyl (C=O) groups is 10. The smallest absolute Gasteiger partial charge is 0.325 e. The molecule has 82 heavy (non-hydrogen) atoms. The molecule has 1 aromatic heterocycles. The minimum atomic E-state index is -1.41. The molecule has 0 spiro atoms. The van der Waals surface area contributed by atoms with Crippen LogP contribution in [0.5, 0.6) is 0 Å². The normalized spacial score (nSPS) is 15.5. The van der Waals surface area contributed by atoms with Gasteiger partial charge in [-0.15, -0.1) is 0 Å². The summed E-state index contributed by atoms with van der Waals surface area (Å²) in [6.45, 7) is 3.21. The summed E-state index contributed by atoms with van der Waals surface area (Å²) >= 11 is 8.33. The fourth-order valence-electron chi connectivity index (χ4n) is 8.23. The summed E-state index contributed by atoms with van der Waals surface area (Å²) in [7, 11) is 0. The summed E-state index contributed by atoms with van der Waals surface area (Å²) in [6.07, 6.45) is 3.41. The molecule has 2 aromatic carbocycles. The SMILES string of the molecule is CCNC=NCC[C@H](NC(=O)[C@@H](C)NC(=O)[C@H](CS)NC(=O)CN1C(=O)N[C@@H](CCCN=C(N)N)C1=O)C(=O)N[C@H](Cc1ccccc1)C(=O)N[C@@H](CCCN=C(N)N)C(=O)N[C@@H](Cc1c[nH]c2ccccc12)C(=O)N[C@@H](CS)C(N)=O. The van der Waals surface area contributed by atoms with Gasteiger partial charge in [0.2, 0.25) is 47.3 Å². The topological polar surface area (TPSA) is 465 Å². The fourth-order valence-corrected chi connectivity index (χ4v) is 8.76. The number of para-hydroxylation sites is 1. The van der Waals surface area contributed by atoms with Gasteiger partial charge in [-0.2, -0.15) is 25.3 Å². The fraction of sp³-hybridized carbons (Fsp3) is 0.471. The van der Waals surface area contributed by atoms with Crippen LogP contribution >= 0.6 is 25.3 Å². The molecule has 4 rings (SSSR count). The van der Waals surface area contributed by atoms with Gasteiger partial charge in [0, 0.05) is 67.6 Å². The number of imide groups is 1. The molecule has 0 unspecified atom stereocenters. The van der Waals surface area contributed by atoms with Crippen LogP contribution in [0.2, 0.25) is 0 Å². The Labute approximate surface area is 484 Å². The van der Waals surface area contributed by atoms with Crippen molar-refractivity contribution in [2.45, 2.75) is 107 Å². The number of hydrogen-bond donors (Lipinski definition) is 17. The molecule has 2 heterocycles. The second kappa shape index (κ2) is 33.9. The zero-order valence-electron chi connectivity index (χ0n) is 45.5. The third kappa shape index (κ3) is 21.5. The number of nitrogens with one attached hydrogen (secondary N) is 10. The van der Waals surface area contributed by atoms with Crippen molar-refractivity contribution in [1.29, 1.82) is 0 Å². The molecule has 1 fully saturated rings. The highest BCUT2D eigenvalue weighted by Crippen LogP contribution is 2.20. The first kappa shape index (κ1) is 65.9. The summed E-state index contributed by atoms with van der Waals surface area (Å²) in [4.78, 5) is 152. The number of amides is 11. The number of benzene rings is 2. The van der Waals surface area contributed by atoms with Gasteiger partial charge in [0.25, 0.3) is 5.91 Å². The van der Waals surface area contributed by atoms with Crippen molar-refractivity contribution in [3.63, 3.8) is 0 Å². The molecule has 11 amide bonds. The molecule has 3 aromatic rings. The second-order valence-electron chi connectivity index (χ2n) is 18.9. The maximum absolute atomic E-state index is 14.6. The van der Waals surface area contributed by atoms with Crippen LogP contribution in [-0.2, 0) is 56.0 Å². The third-order valence-corrected chi connectivity index (χ3v) is 13.3. The largest absolute Gasteiger partial charge is 0.377 e. The van der Waals surface area contributed by atoms with E-state index in [0.717, 1.165) is 10.9 Å². The number of H-pyrrole nitrogens is 1. The van der Waals surface area contributed by atoms with E-state index in [9.17, 15) is 47.9 Å². The number of guanidine groups is 2. The Morgan fingerprint density at radius 1 is 0.646 bits per heavy atom. The first-order valence-corrected chi connectivity index (χ1v) is 27.6. The maximum Gasteiger partial charge on any atom is 0.325 e. The number of fused-ring (bicyclic) bond motifs is 1. The van der Waals surface area contributed by atoms with Gasteiger partial charge in [-0.3, -0.25) is 63.0 Å². The zero-order chi connectivity index (χ0) is 60.3. The number of rotatable bonds is 35. The van der Waals surface area contributed by atoms with Crippen molar-refractivity contribution in [3.8, 4) is 0 Å². The molecule has 0 saturated carbocycles. The maximum atomic E-state index is 14.6. The highest BCUT2D eigenvalue weighted by molar-refractivity contribution is 7.80. The molecule has 20 N–H and O–H groups in total. The summed E-state index contributed by atoms with van der Waals surface area (Å²) in [5.74, 6) is -8.18. The van der Waals surface area contributed by atoms with Crippen LogP contribution in [0.3, 0.4) is 0 Å². The van der Waals surface area contributed by atoms with E-state index in [0.29, 0.717) is 29.0 Å². The van der Waals surface area contributed by atoms with Crippen molar-refractivity contribution in [3.05, 3.63) is 71.9 Å². The van der Waals surface area contributed by atoms with Crippen molar-refractivity contribution in [2.24, 2.45) is 43.6 Å². The van der Waals surface area contributed by atoms with Crippen LogP contribution in [0.1, 0.15) is 57.1 Å². The molecular formula is C51H75N19O10S2.